The number of ether oxygens (including phenoxy) is 2. The van der Waals surface area contributed by atoms with Crippen LogP contribution in [-0.2, 0) is 9.47 Å². The molecule has 0 amide bonds. The van der Waals surface area contributed by atoms with Gasteiger partial charge in [-0.3, -0.25) is 0 Å². The van der Waals surface area contributed by atoms with Gasteiger partial charge in [-0.25, -0.2) is 0 Å². The highest BCUT2D eigenvalue weighted by molar-refractivity contribution is 4.92. The van der Waals surface area contributed by atoms with Gasteiger partial charge in [-0.15, -0.1) is 0 Å². The molecule has 3 nitrogen and oxygen atoms in total. The third-order valence-corrected chi connectivity index (χ3v) is 7.14. The second-order valence-corrected chi connectivity index (χ2v) is 10.9. The molecule has 3 heteroatoms. The first-order chi connectivity index (χ1) is 18.3. The van der Waals surface area contributed by atoms with E-state index in [1.165, 1.54) is 135 Å². The highest BCUT2D eigenvalue weighted by atomic mass is 16.7. The van der Waals surface area contributed by atoms with E-state index in [9.17, 15) is 0 Å². The molecule has 0 heterocycles. The molecule has 0 aromatic carbocycles. The number of hydrogen-bond donors (Lipinski definition) is 1. The van der Waals surface area contributed by atoms with Gasteiger partial charge in [0.15, 0.2) is 6.29 Å². The number of allylic oxidation sites excluding steroid dienone is 4. The normalized spacial score (nSPS) is 12.8. The van der Waals surface area contributed by atoms with Gasteiger partial charge in [0.25, 0.3) is 0 Å². The molecule has 1 unspecified atom stereocenters. The summed E-state index contributed by atoms with van der Waals surface area (Å²) in [5, 5.41) is 0. The van der Waals surface area contributed by atoms with Crippen molar-refractivity contribution in [2.75, 3.05) is 19.8 Å². The summed E-state index contributed by atoms with van der Waals surface area (Å²) >= 11 is 0. The predicted octanol–water partition coefficient (Wildman–Crippen LogP) is 10.8. The Morgan fingerprint density at radius 1 is 0.459 bits per heavy atom. The number of unbranched alkanes of at least 4 members (excludes halogenated alkanes) is 20. The Labute approximate surface area is 233 Å². The summed E-state index contributed by atoms with van der Waals surface area (Å²) in [5.41, 5.74) is 5.83. The molecule has 37 heavy (non-hydrogen) atoms. The molecule has 0 spiro atoms. The highest BCUT2D eigenvalue weighted by Crippen LogP contribution is 2.12. The maximum absolute atomic E-state index is 5.86. The monoisotopic (exact) mass is 522 g/mol. The first-order valence-corrected chi connectivity index (χ1v) is 16.6. The van der Waals surface area contributed by atoms with Crippen molar-refractivity contribution < 1.29 is 9.47 Å². The van der Waals surface area contributed by atoms with E-state index in [2.05, 4.69) is 38.2 Å². The Bertz CT molecular complexity index is 463. The van der Waals surface area contributed by atoms with Crippen LogP contribution in [0.25, 0.3) is 0 Å². The summed E-state index contributed by atoms with van der Waals surface area (Å²) in [6, 6.07) is 0. The van der Waals surface area contributed by atoms with Gasteiger partial charge in [0, 0.05) is 19.8 Å². The van der Waals surface area contributed by atoms with Gasteiger partial charge in [-0.05, 0) is 44.9 Å². The summed E-state index contributed by atoms with van der Waals surface area (Å²) < 4.78 is 11.7. The summed E-state index contributed by atoms with van der Waals surface area (Å²) in [7, 11) is 0. The Morgan fingerprint density at radius 3 is 1.24 bits per heavy atom. The molecule has 0 rings (SSSR count). The maximum Gasteiger partial charge on any atom is 0.169 e. The Kier molecular flexibility index (Phi) is 32.8. The van der Waals surface area contributed by atoms with Crippen molar-refractivity contribution in [1.29, 1.82) is 0 Å². The topological polar surface area (TPSA) is 44.5 Å². The average Bonchev–Trinajstić information content (AvgIpc) is 2.91. The largest absolute Gasteiger partial charge is 0.351 e. The first kappa shape index (κ1) is 36.4. The van der Waals surface area contributed by atoms with E-state index in [0.717, 1.165) is 32.5 Å². The molecule has 0 radical (unpaired) electrons. The summed E-state index contributed by atoms with van der Waals surface area (Å²) in [5.74, 6) is 0. The molecular weight excluding hydrogens is 454 g/mol. The van der Waals surface area contributed by atoms with Crippen LogP contribution in [0.15, 0.2) is 24.3 Å². The second kappa shape index (κ2) is 33.4. The van der Waals surface area contributed by atoms with Crippen LogP contribution in [0.4, 0.5) is 0 Å². The fourth-order valence-corrected chi connectivity index (χ4v) is 4.65. The van der Waals surface area contributed by atoms with Gasteiger partial charge in [-0.1, -0.05) is 147 Å². The standard InChI is InChI=1S/C34H67NO2/c1-3-5-7-9-11-13-15-17-18-19-20-22-24-26-28-30-32-37-34(33-35)36-31-29-27-25-23-21-16-14-12-10-8-6-4-2/h11,13,17-18,34H,3-10,12,14-16,19-33,35H2,1-2H3. The van der Waals surface area contributed by atoms with Crippen molar-refractivity contribution in [3.63, 3.8) is 0 Å². The predicted molar refractivity (Wildman–Crippen MR) is 165 cm³/mol. The molecular formula is C34H67NO2. The minimum Gasteiger partial charge on any atom is -0.351 e. The van der Waals surface area contributed by atoms with E-state index >= 15 is 0 Å². The average molecular weight is 522 g/mol. The van der Waals surface area contributed by atoms with E-state index in [4.69, 9.17) is 15.2 Å². The second-order valence-electron chi connectivity index (χ2n) is 10.9. The molecule has 0 aliphatic carbocycles. The lowest BCUT2D eigenvalue weighted by molar-refractivity contribution is -0.137. The maximum atomic E-state index is 5.86. The fourth-order valence-electron chi connectivity index (χ4n) is 4.65. The van der Waals surface area contributed by atoms with Gasteiger partial charge in [0.2, 0.25) is 0 Å². The molecule has 0 aromatic rings. The fraction of sp³-hybridized carbons (Fsp3) is 0.882. The lowest BCUT2D eigenvalue weighted by Gasteiger charge is -2.16. The van der Waals surface area contributed by atoms with E-state index in [1.54, 1.807) is 0 Å². The molecule has 220 valence electrons. The summed E-state index contributed by atoms with van der Waals surface area (Å²) in [6.45, 7) is 6.56. The van der Waals surface area contributed by atoms with Crippen LogP contribution < -0.4 is 5.73 Å². The SMILES string of the molecule is CCCCCC=CCC=CCCCCCCCCOC(CN)OCCCCCCCCCCCCCC. The van der Waals surface area contributed by atoms with Crippen LogP contribution in [0, 0.1) is 0 Å². The van der Waals surface area contributed by atoms with E-state index in [1.807, 2.05) is 0 Å². The molecule has 2 N–H and O–H groups in total. The van der Waals surface area contributed by atoms with Crippen molar-refractivity contribution >= 4 is 0 Å². The lowest BCUT2D eigenvalue weighted by atomic mass is 10.1. The van der Waals surface area contributed by atoms with Crippen molar-refractivity contribution in [2.45, 2.75) is 174 Å². The van der Waals surface area contributed by atoms with Crippen LogP contribution >= 0.6 is 0 Å². The van der Waals surface area contributed by atoms with Crippen molar-refractivity contribution in [3.05, 3.63) is 24.3 Å². The van der Waals surface area contributed by atoms with Gasteiger partial charge >= 0.3 is 0 Å². The first-order valence-electron chi connectivity index (χ1n) is 16.6. The summed E-state index contributed by atoms with van der Waals surface area (Å²) in [6.07, 6.45) is 40.7. The van der Waals surface area contributed by atoms with Gasteiger partial charge < -0.3 is 15.2 Å². The smallest absolute Gasteiger partial charge is 0.169 e. The zero-order valence-corrected chi connectivity index (χ0v) is 25.4. The lowest BCUT2D eigenvalue weighted by Crippen LogP contribution is -2.27. The van der Waals surface area contributed by atoms with Crippen LogP contribution in [0.5, 0.6) is 0 Å². The van der Waals surface area contributed by atoms with E-state index < -0.39 is 0 Å². The third-order valence-electron chi connectivity index (χ3n) is 7.14. The van der Waals surface area contributed by atoms with Crippen molar-refractivity contribution in [3.8, 4) is 0 Å². The molecule has 0 aromatic heterocycles. The molecule has 0 aliphatic heterocycles. The van der Waals surface area contributed by atoms with Crippen LogP contribution in [-0.4, -0.2) is 26.0 Å². The molecule has 0 bridgehead atoms. The minimum absolute atomic E-state index is 0.217. The highest BCUT2D eigenvalue weighted by Gasteiger charge is 2.06. The zero-order chi connectivity index (χ0) is 26.9. The minimum atomic E-state index is -0.217. The molecule has 1 atom stereocenters. The van der Waals surface area contributed by atoms with Gasteiger partial charge in [0.1, 0.15) is 0 Å². The molecule has 0 saturated heterocycles. The molecule has 0 fully saturated rings. The van der Waals surface area contributed by atoms with E-state index in [-0.39, 0.29) is 6.29 Å². The molecule has 0 aliphatic rings. The molecule has 0 saturated carbocycles. The Balaban J connectivity index is 3.33. The van der Waals surface area contributed by atoms with Crippen molar-refractivity contribution in [2.24, 2.45) is 5.73 Å². The van der Waals surface area contributed by atoms with Gasteiger partial charge in [0.05, 0.1) is 0 Å². The quantitative estimate of drug-likeness (QED) is 0.0560. The van der Waals surface area contributed by atoms with Crippen molar-refractivity contribution in [1.82, 2.24) is 0 Å². The van der Waals surface area contributed by atoms with Crippen LogP contribution in [0.3, 0.4) is 0 Å². The Hall–Kier alpha value is -0.640. The van der Waals surface area contributed by atoms with Crippen LogP contribution in [0.1, 0.15) is 168 Å². The zero-order valence-electron chi connectivity index (χ0n) is 25.4. The third kappa shape index (κ3) is 31.5. The van der Waals surface area contributed by atoms with E-state index in [0.29, 0.717) is 6.54 Å². The number of hydrogen-bond acceptors (Lipinski definition) is 3. The summed E-state index contributed by atoms with van der Waals surface area (Å²) in [4.78, 5) is 0. The van der Waals surface area contributed by atoms with Crippen LogP contribution in [0.2, 0.25) is 0 Å². The number of rotatable bonds is 31. The number of nitrogens with two attached hydrogens (primary N) is 1. The van der Waals surface area contributed by atoms with Gasteiger partial charge in [-0.2, -0.15) is 0 Å². The Morgan fingerprint density at radius 2 is 0.811 bits per heavy atom.